The van der Waals surface area contributed by atoms with E-state index < -0.39 is 22.3 Å². The molecule has 0 spiro atoms. The van der Waals surface area contributed by atoms with Gasteiger partial charge in [-0.3, -0.25) is 14.9 Å². The number of benzene rings is 1. The lowest BCUT2D eigenvalue weighted by atomic mass is 10.1. The predicted molar refractivity (Wildman–Crippen MR) is 76.4 cm³/mol. The SMILES string of the molecule is CC(C)CN(C(=O)c1cc(F)cc([N+](=O)[O-])c1N)C1CC1. The maximum Gasteiger partial charge on any atom is 0.295 e. The standard InChI is InChI=1S/C14H18FN3O3/c1-8(2)7-17(10-3-4-10)14(19)11-5-9(15)6-12(13(11)16)18(20)21/h5-6,8,10H,3-4,7,16H2,1-2H3. The molecule has 0 aliphatic heterocycles. The molecule has 1 aliphatic carbocycles. The van der Waals surface area contributed by atoms with Crippen LogP contribution >= 0.6 is 0 Å². The minimum absolute atomic E-state index is 0.127. The molecule has 0 aromatic heterocycles. The third-order valence-corrected chi connectivity index (χ3v) is 3.36. The Morgan fingerprint density at radius 3 is 2.62 bits per heavy atom. The number of hydrogen-bond donors (Lipinski definition) is 1. The highest BCUT2D eigenvalue weighted by Crippen LogP contribution is 2.33. The van der Waals surface area contributed by atoms with E-state index in [0.717, 1.165) is 25.0 Å². The van der Waals surface area contributed by atoms with E-state index in [1.807, 2.05) is 13.8 Å². The van der Waals surface area contributed by atoms with E-state index in [0.29, 0.717) is 6.54 Å². The van der Waals surface area contributed by atoms with Crippen molar-refractivity contribution < 1.29 is 14.1 Å². The minimum atomic E-state index is -0.834. The van der Waals surface area contributed by atoms with Crippen molar-refractivity contribution in [3.05, 3.63) is 33.6 Å². The van der Waals surface area contributed by atoms with E-state index in [1.54, 1.807) is 4.90 Å². The first-order chi connectivity index (χ1) is 9.81. The second-order valence-corrected chi connectivity index (χ2v) is 5.73. The van der Waals surface area contributed by atoms with Crippen molar-refractivity contribution in [3.63, 3.8) is 0 Å². The normalized spacial score (nSPS) is 14.3. The zero-order chi connectivity index (χ0) is 15.7. The Morgan fingerprint density at radius 2 is 2.14 bits per heavy atom. The molecule has 0 radical (unpaired) electrons. The Kier molecular flexibility index (Phi) is 4.11. The van der Waals surface area contributed by atoms with Gasteiger partial charge in [-0.2, -0.15) is 0 Å². The number of carbonyl (C=O) groups excluding carboxylic acids is 1. The summed E-state index contributed by atoms with van der Waals surface area (Å²) in [6.07, 6.45) is 1.80. The van der Waals surface area contributed by atoms with Gasteiger partial charge >= 0.3 is 0 Å². The number of nitrogens with zero attached hydrogens (tertiary/aromatic N) is 2. The minimum Gasteiger partial charge on any atom is -0.393 e. The summed E-state index contributed by atoms with van der Waals surface area (Å²) in [6, 6.07) is 1.83. The molecule has 7 heteroatoms. The van der Waals surface area contributed by atoms with Crippen molar-refractivity contribution in [2.24, 2.45) is 5.92 Å². The zero-order valence-electron chi connectivity index (χ0n) is 12.0. The summed E-state index contributed by atoms with van der Waals surface area (Å²) in [5.74, 6) is -1.02. The maximum atomic E-state index is 13.5. The quantitative estimate of drug-likeness (QED) is 0.513. The smallest absolute Gasteiger partial charge is 0.295 e. The highest BCUT2D eigenvalue weighted by atomic mass is 19.1. The van der Waals surface area contributed by atoms with Crippen LogP contribution < -0.4 is 5.73 Å². The Balaban J connectivity index is 2.39. The van der Waals surface area contributed by atoms with Crippen molar-refractivity contribution >= 4 is 17.3 Å². The predicted octanol–water partition coefficient (Wildman–Crippen LogP) is 2.58. The third-order valence-electron chi connectivity index (χ3n) is 3.36. The van der Waals surface area contributed by atoms with Gasteiger partial charge in [-0.05, 0) is 24.8 Å². The Bertz CT molecular complexity index is 585. The van der Waals surface area contributed by atoms with Crippen LogP contribution in [0.25, 0.3) is 0 Å². The van der Waals surface area contributed by atoms with Gasteiger partial charge in [0.15, 0.2) is 0 Å². The molecule has 1 aromatic carbocycles. The Labute approximate surface area is 121 Å². The molecule has 2 N–H and O–H groups in total. The zero-order valence-corrected chi connectivity index (χ0v) is 12.0. The first-order valence-electron chi connectivity index (χ1n) is 6.85. The second kappa shape index (κ2) is 5.67. The summed E-state index contributed by atoms with van der Waals surface area (Å²) in [4.78, 5) is 24.3. The van der Waals surface area contributed by atoms with Crippen molar-refractivity contribution in [2.45, 2.75) is 32.7 Å². The molecule has 1 aromatic rings. The molecule has 0 heterocycles. The number of anilines is 1. The van der Waals surface area contributed by atoms with E-state index in [9.17, 15) is 19.3 Å². The van der Waals surface area contributed by atoms with Crippen LogP contribution in [-0.4, -0.2) is 28.3 Å². The highest BCUT2D eigenvalue weighted by Gasteiger charge is 2.35. The van der Waals surface area contributed by atoms with Gasteiger partial charge < -0.3 is 10.6 Å². The molecule has 0 atom stereocenters. The number of amides is 1. The Hall–Kier alpha value is -2.18. The molecule has 1 fully saturated rings. The fourth-order valence-electron chi connectivity index (χ4n) is 2.26. The molecule has 0 unspecified atom stereocenters. The van der Waals surface area contributed by atoms with Crippen molar-refractivity contribution in [1.29, 1.82) is 0 Å². The van der Waals surface area contributed by atoms with Gasteiger partial charge in [0, 0.05) is 12.6 Å². The average molecular weight is 295 g/mol. The number of nitro groups is 1. The monoisotopic (exact) mass is 295 g/mol. The van der Waals surface area contributed by atoms with E-state index in [2.05, 4.69) is 0 Å². The molecular weight excluding hydrogens is 277 g/mol. The van der Waals surface area contributed by atoms with E-state index in [4.69, 9.17) is 5.73 Å². The number of hydrogen-bond acceptors (Lipinski definition) is 4. The molecule has 1 amide bonds. The van der Waals surface area contributed by atoms with Gasteiger partial charge in [-0.25, -0.2) is 4.39 Å². The highest BCUT2D eigenvalue weighted by molar-refractivity contribution is 6.01. The van der Waals surface area contributed by atoms with Crippen LogP contribution in [0.5, 0.6) is 0 Å². The lowest BCUT2D eigenvalue weighted by Gasteiger charge is -2.25. The number of nitro benzene ring substituents is 1. The summed E-state index contributed by atoms with van der Waals surface area (Å²) in [5.41, 5.74) is 4.71. The number of rotatable bonds is 5. The fourth-order valence-corrected chi connectivity index (χ4v) is 2.26. The van der Waals surface area contributed by atoms with E-state index >= 15 is 0 Å². The summed E-state index contributed by atoms with van der Waals surface area (Å²) in [6.45, 7) is 4.47. The fraction of sp³-hybridized carbons (Fsp3) is 0.500. The maximum absolute atomic E-state index is 13.5. The Morgan fingerprint density at radius 1 is 1.52 bits per heavy atom. The third kappa shape index (κ3) is 3.29. The van der Waals surface area contributed by atoms with Crippen LogP contribution in [0.1, 0.15) is 37.0 Å². The van der Waals surface area contributed by atoms with Gasteiger partial charge in [-0.15, -0.1) is 0 Å². The molecule has 21 heavy (non-hydrogen) atoms. The average Bonchev–Trinajstić information content (AvgIpc) is 3.21. The second-order valence-electron chi connectivity index (χ2n) is 5.73. The molecule has 0 bridgehead atoms. The van der Waals surface area contributed by atoms with Crippen molar-refractivity contribution in [2.75, 3.05) is 12.3 Å². The number of halogens is 1. The van der Waals surface area contributed by atoms with Crippen LogP contribution in [0.4, 0.5) is 15.8 Å². The summed E-state index contributed by atoms with van der Waals surface area (Å²) >= 11 is 0. The van der Waals surface area contributed by atoms with Gasteiger partial charge in [0.1, 0.15) is 11.5 Å². The van der Waals surface area contributed by atoms with Crippen LogP contribution in [-0.2, 0) is 0 Å². The number of carbonyl (C=O) groups is 1. The summed E-state index contributed by atoms with van der Waals surface area (Å²) < 4.78 is 13.5. The summed E-state index contributed by atoms with van der Waals surface area (Å²) in [5, 5.41) is 10.9. The molecule has 114 valence electrons. The van der Waals surface area contributed by atoms with E-state index in [1.165, 1.54) is 0 Å². The first kappa shape index (κ1) is 15.2. The molecule has 0 saturated heterocycles. The summed E-state index contributed by atoms with van der Waals surface area (Å²) in [7, 11) is 0. The van der Waals surface area contributed by atoms with Gasteiger partial charge in [-0.1, -0.05) is 13.8 Å². The van der Waals surface area contributed by atoms with Gasteiger partial charge in [0.05, 0.1) is 16.6 Å². The number of nitrogen functional groups attached to an aromatic ring is 1. The molecule has 6 nitrogen and oxygen atoms in total. The lowest BCUT2D eigenvalue weighted by molar-refractivity contribution is -0.384. The van der Waals surface area contributed by atoms with Gasteiger partial charge in [0.25, 0.3) is 11.6 Å². The van der Waals surface area contributed by atoms with Crippen LogP contribution in [0, 0.1) is 21.8 Å². The first-order valence-corrected chi connectivity index (χ1v) is 6.85. The lowest BCUT2D eigenvalue weighted by Crippen LogP contribution is -2.36. The van der Waals surface area contributed by atoms with Crippen LogP contribution in [0.15, 0.2) is 12.1 Å². The molecule has 2 rings (SSSR count). The van der Waals surface area contributed by atoms with Crippen LogP contribution in [0.3, 0.4) is 0 Å². The number of nitrogens with two attached hydrogens (primary N) is 1. The van der Waals surface area contributed by atoms with Crippen molar-refractivity contribution in [3.8, 4) is 0 Å². The van der Waals surface area contributed by atoms with Gasteiger partial charge in [0.2, 0.25) is 0 Å². The van der Waals surface area contributed by atoms with Crippen molar-refractivity contribution in [1.82, 2.24) is 4.90 Å². The largest absolute Gasteiger partial charge is 0.393 e. The molecule has 1 aliphatic rings. The molecule has 1 saturated carbocycles. The van der Waals surface area contributed by atoms with Crippen LogP contribution in [0.2, 0.25) is 0 Å². The molecular formula is C14H18FN3O3. The topological polar surface area (TPSA) is 89.5 Å². The van der Waals surface area contributed by atoms with E-state index in [-0.39, 0.29) is 23.2 Å².